The lowest BCUT2D eigenvalue weighted by Crippen LogP contribution is -2.64. The molecule has 0 unspecified atom stereocenters. The van der Waals surface area contributed by atoms with E-state index in [2.05, 4.69) is 10.8 Å². The number of carbonyl (C=O) groups is 2. The van der Waals surface area contributed by atoms with E-state index < -0.39 is 23.3 Å². The minimum absolute atomic E-state index is 0.171. The van der Waals surface area contributed by atoms with Gasteiger partial charge in [-0.15, -0.1) is 0 Å². The molecule has 3 N–H and O–H groups in total. The molecule has 0 atom stereocenters. The summed E-state index contributed by atoms with van der Waals surface area (Å²) in [5.41, 5.74) is 0.631. The topological polar surface area (TPSA) is 96.9 Å². The van der Waals surface area contributed by atoms with E-state index in [4.69, 9.17) is 14.7 Å². The van der Waals surface area contributed by atoms with Crippen LogP contribution >= 0.6 is 0 Å². The van der Waals surface area contributed by atoms with Gasteiger partial charge < -0.3 is 15.2 Å². The first-order valence-electron chi connectivity index (χ1n) is 5.32. The van der Waals surface area contributed by atoms with Crippen molar-refractivity contribution in [3.05, 3.63) is 0 Å². The van der Waals surface area contributed by atoms with Gasteiger partial charge in [0, 0.05) is 13.1 Å². The highest BCUT2D eigenvalue weighted by Gasteiger charge is 2.42. The summed E-state index contributed by atoms with van der Waals surface area (Å²) in [7, 11) is 0. The molecular formula is C10H18N2O5. The number of nitrogens with one attached hydrogen (secondary N) is 2. The lowest BCUT2D eigenvalue weighted by atomic mass is 9.93. The number of carboxylic acids is 1. The SMILES string of the molecule is CC(C)(C)OC(=O)NOC1(CC(=O)O)CNC1. The molecule has 7 nitrogen and oxygen atoms in total. The minimum atomic E-state index is -0.975. The molecule has 1 aliphatic heterocycles. The first kappa shape index (κ1) is 13.7. The second-order valence-electron chi connectivity index (χ2n) is 5.06. The lowest BCUT2D eigenvalue weighted by molar-refractivity contribution is -0.162. The number of hydrogen-bond acceptors (Lipinski definition) is 5. The molecular weight excluding hydrogens is 228 g/mol. The second-order valence-corrected chi connectivity index (χ2v) is 5.06. The first-order valence-corrected chi connectivity index (χ1v) is 5.32. The van der Waals surface area contributed by atoms with Gasteiger partial charge in [0.25, 0.3) is 0 Å². The lowest BCUT2D eigenvalue weighted by Gasteiger charge is -2.40. The Morgan fingerprint density at radius 3 is 2.35 bits per heavy atom. The number of aliphatic carboxylic acids is 1. The Balaban J connectivity index is 2.38. The van der Waals surface area contributed by atoms with Crippen LogP contribution in [0.2, 0.25) is 0 Å². The molecule has 0 radical (unpaired) electrons. The number of rotatable bonds is 4. The Bertz CT molecular complexity index is 306. The highest BCUT2D eigenvalue weighted by molar-refractivity contribution is 5.69. The average molecular weight is 246 g/mol. The van der Waals surface area contributed by atoms with Crippen LogP contribution in [-0.4, -0.2) is 41.5 Å². The van der Waals surface area contributed by atoms with Crippen molar-refractivity contribution < 1.29 is 24.3 Å². The Labute approximate surface area is 99.4 Å². The van der Waals surface area contributed by atoms with Crippen molar-refractivity contribution in [1.29, 1.82) is 0 Å². The molecule has 0 bridgehead atoms. The molecule has 0 aliphatic carbocycles. The van der Waals surface area contributed by atoms with Crippen molar-refractivity contribution in [1.82, 2.24) is 10.8 Å². The average Bonchev–Trinajstić information content (AvgIpc) is 2.05. The van der Waals surface area contributed by atoms with Gasteiger partial charge in [-0.25, -0.2) is 4.79 Å². The van der Waals surface area contributed by atoms with Crippen molar-refractivity contribution >= 4 is 12.1 Å². The van der Waals surface area contributed by atoms with Gasteiger partial charge in [-0.1, -0.05) is 0 Å². The maximum absolute atomic E-state index is 11.3. The first-order chi connectivity index (χ1) is 7.72. The van der Waals surface area contributed by atoms with Gasteiger partial charge in [0.2, 0.25) is 0 Å². The number of carbonyl (C=O) groups excluding carboxylic acids is 1. The zero-order valence-electron chi connectivity index (χ0n) is 10.2. The molecule has 1 saturated heterocycles. The summed E-state index contributed by atoms with van der Waals surface area (Å²) < 4.78 is 4.96. The van der Waals surface area contributed by atoms with E-state index in [-0.39, 0.29) is 6.42 Å². The number of hydrogen-bond donors (Lipinski definition) is 3. The fourth-order valence-corrected chi connectivity index (χ4v) is 1.36. The molecule has 98 valence electrons. The monoisotopic (exact) mass is 246 g/mol. The maximum atomic E-state index is 11.3. The number of hydroxylamine groups is 1. The van der Waals surface area contributed by atoms with Crippen molar-refractivity contribution in [2.45, 2.75) is 38.4 Å². The van der Waals surface area contributed by atoms with Crippen LogP contribution in [0, 0.1) is 0 Å². The molecule has 1 heterocycles. The summed E-state index contributed by atoms with van der Waals surface area (Å²) in [5, 5.41) is 11.6. The molecule has 1 aliphatic rings. The second kappa shape index (κ2) is 4.89. The maximum Gasteiger partial charge on any atom is 0.431 e. The summed E-state index contributed by atoms with van der Waals surface area (Å²) in [4.78, 5) is 27.1. The fraction of sp³-hybridized carbons (Fsp3) is 0.800. The van der Waals surface area contributed by atoms with Gasteiger partial charge in [-0.05, 0) is 20.8 Å². The van der Waals surface area contributed by atoms with Gasteiger partial charge in [0.1, 0.15) is 11.2 Å². The predicted octanol–water partition coefficient (Wildman–Crippen LogP) is 0.259. The standard InChI is InChI=1S/C10H18N2O5/c1-9(2,3)16-8(15)12-17-10(4-7(13)14)5-11-6-10/h11H,4-6H2,1-3H3,(H,12,15)(H,13,14). The van der Waals surface area contributed by atoms with Crippen molar-refractivity contribution in [3.8, 4) is 0 Å². The molecule has 0 saturated carbocycles. The number of carboxylic acid groups (broad SMARTS) is 1. The fourth-order valence-electron chi connectivity index (χ4n) is 1.36. The molecule has 0 aromatic rings. The van der Waals surface area contributed by atoms with Crippen LogP contribution in [0.1, 0.15) is 27.2 Å². The van der Waals surface area contributed by atoms with Crippen LogP contribution in [0.25, 0.3) is 0 Å². The van der Waals surface area contributed by atoms with E-state index in [1.807, 2.05) is 0 Å². The Morgan fingerprint density at radius 1 is 1.41 bits per heavy atom. The molecule has 1 rings (SSSR count). The van der Waals surface area contributed by atoms with E-state index in [1.54, 1.807) is 20.8 Å². The van der Waals surface area contributed by atoms with Gasteiger partial charge in [-0.3, -0.25) is 9.63 Å². The quantitative estimate of drug-likeness (QED) is 0.616. The van der Waals surface area contributed by atoms with Crippen molar-refractivity contribution in [2.75, 3.05) is 13.1 Å². The van der Waals surface area contributed by atoms with E-state index in [9.17, 15) is 9.59 Å². The molecule has 1 amide bonds. The molecule has 7 heteroatoms. The van der Waals surface area contributed by atoms with Gasteiger partial charge in [0.05, 0.1) is 6.42 Å². The van der Waals surface area contributed by atoms with E-state index >= 15 is 0 Å². The van der Waals surface area contributed by atoms with E-state index in [0.29, 0.717) is 13.1 Å². The molecule has 0 aromatic carbocycles. The van der Waals surface area contributed by atoms with Gasteiger partial charge in [-0.2, -0.15) is 5.48 Å². The minimum Gasteiger partial charge on any atom is -0.481 e. The third-order valence-corrected chi connectivity index (χ3v) is 2.12. The van der Waals surface area contributed by atoms with Crippen LogP contribution in [0.5, 0.6) is 0 Å². The normalized spacial score (nSPS) is 18.1. The smallest absolute Gasteiger partial charge is 0.431 e. The molecule has 17 heavy (non-hydrogen) atoms. The number of amides is 1. The third kappa shape index (κ3) is 4.58. The van der Waals surface area contributed by atoms with Crippen LogP contribution in [-0.2, 0) is 14.4 Å². The third-order valence-electron chi connectivity index (χ3n) is 2.12. The van der Waals surface area contributed by atoms with Gasteiger partial charge >= 0.3 is 12.1 Å². The van der Waals surface area contributed by atoms with E-state index in [1.165, 1.54) is 0 Å². The summed E-state index contributed by atoms with van der Waals surface area (Å²) in [6.45, 7) is 5.95. The molecule has 0 spiro atoms. The Morgan fingerprint density at radius 2 is 2.00 bits per heavy atom. The predicted molar refractivity (Wildman–Crippen MR) is 58.3 cm³/mol. The van der Waals surface area contributed by atoms with Crippen molar-refractivity contribution in [2.24, 2.45) is 0 Å². The summed E-state index contributed by atoms with van der Waals surface area (Å²) in [6.07, 6.45) is -0.898. The van der Waals surface area contributed by atoms with E-state index in [0.717, 1.165) is 0 Å². The van der Waals surface area contributed by atoms with Crippen LogP contribution in [0.3, 0.4) is 0 Å². The van der Waals surface area contributed by atoms with Gasteiger partial charge in [0.15, 0.2) is 0 Å². The zero-order chi connectivity index (χ0) is 13.1. The Kier molecular flexibility index (Phi) is 3.94. The van der Waals surface area contributed by atoms with Crippen molar-refractivity contribution in [3.63, 3.8) is 0 Å². The zero-order valence-corrected chi connectivity index (χ0v) is 10.2. The summed E-state index contributed by atoms with van der Waals surface area (Å²) >= 11 is 0. The highest BCUT2D eigenvalue weighted by atomic mass is 16.7. The number of ether oxygens (including phenoxy) is 1. The summed E-state index contributed by atoms with van der Waals surface area (Å²) in [6, 6.07) is 0. The highest BCUT2D eigenvalue weighted by Crippen LogP contribution is 2.20. The Hall–Kier alpha value is -1.34. The largest absolute Gasteiger partial charge is 0.481 e. The van der Waals surface area contributed by atoms with Crippen LogP contribution < -0.4 is 10.8 Å². The molecule has 0 aromatic heterocycles. The van der Waals surface area contributed by atoms with Crippen LogP contribution in [0.15, 0.2) is 0 Å². The summed E-state index contributed by atoms with van der Waals surface area (Å²) in [5.74, 6) is -0.975. The van der Waals surface area contributed by atoms with Crippen LogP contribution in [0.4, 0.5) is 4.79 Å². The molecule has 1 fully saturated rings.